The largest absolute Gasteiger partial charge is 0.456 e. The van der Waals surface area contributed by atoms with E-state index in [1.165, 1.54) is 44.1 Å². The van der Waals surface area contributed by atoms with Gasteiger partial charge in [0.15, 0.2) is 17.5 Å². The number of benzene rings is 8. The Labute approximate surface area is 340 Å². The van der Waals surface area contributed by atoms with Crippen LogP contribution >= 0.6 is 0 Å². The summed E-state index contributed by atoms with van der Waals surface area (Å²) in [6.07, 6.45) is 0. The van der Waals surface area contributed by atoms with Crippen LogP contribution in [0.25, 0.3) is 106 Å². The highest BCUT2D eigenvalue weighted by molar-refractivity contribution is 6.28. The highest BCUT2D eigenvalue weighted by atomic mass is 16.3. The lowest BCUT2D eigenvalue weighted by molar-refractivity contribution is 0.664. The van der Waals surface area contributed by atoms with Crippen LogP contribution in [0, 0.1) is 0 Å². The summed E-state index contributed by atoms with van der Waals surface area (Å²) < 4.78 is 8.94. The van der Waals surface area contributed by atoms with E-state index in [1.54, 1.807) is 0 Å². The fraction of sp³-hybridized carbons (Fsp3) is 0.0556. The molecule has 0 atom stereocenters. The normalized spacial score (nSPS) is 13.1. The number of nitrogens with zero attached hydrogens (tertiary/aromatic N) is 4. The smallest absolute Gasteiger partial charge is 0.164 e. The number of para-hydroxylation sites is 1. The molecule has 0 N–H and O–H groups in total. The Bertz CT molecular complexity index is 3450. The van der Waals surface area contributed by atoms with Crippen LogP contribution in [0.1, 0.15) is 25.0 Å². The standard InChI is InChI=1S/C54H36N4O/c1-54(2)43-22-11-9-20-39(43)40-28-29-42-47-44(30-31-46-48(47)41-21-10-12-23-45(41)59-46)58(50(42)49(40)54)38-19-13-18-37(32-38)53-56-51(35-16-7-4-8-17-35)55-52(57-53)36-26-24-34(25-27-36)33-14-5-3-6-15-33/h3-32H,1-2H3. The van der Waals surface area contributed by atoms with Gasteiger partial charge in [0.05, 0.1) is 11.0 Å². The Morgan fingerprint density at radius 3 is 1.83 bits per heavy atom. The summed E-state index contributed by atoms with van der Waals surface area (Å²) in [4.78, 5) is 15.4. The van der Waals surface area contributed by atoms with Crippen molar-refractivity contribution in [2.24, 2.45) is 0 Å². The summed E-state index contributed by atoms with van der Waals surface area (Å²) in [6.45, 7) is 4.73. The predicted octanol–water partition coefficient (Wildman–Crippen LogP) is 13.8. The van der Waals surface area contributed by atoms with E-state index in [4.69, 9.17) is 19.4 Å². The van der Waals surface area contributed by atoms with Gasteiger partial charge in [-0.15, -0.1) is 0 Å². The second-order valence-electron chi connectivity index (χ2n) is 16.0. The summed E-state index contributed by atoms with van der Waals surface area (Å²) in [5, 5.41) is 4.65. The number of fused-ring (bicyclic) bond motifs is 11. The summed E-state index contributed by atoms with van der Waals surface area (Å²) in [5.41, 5.74) is 15.2. The highest BCUT2D eigenvalue weighted by Gasteiger charge is 2.38. The van der Waals surface area contributed by atoms with Gasteiger partial charge in [-0.05, 0) is 63.7 Å². The minimum Gasteiger partial charge on any atom is -0.456 e. The lowest BCUT2D eigenvalue weighted by Gasteiger charge is -2.23. The third-order valence-corrected chi connectivity index (χ3v) is 12.2. The quantitative estimate of drug-likeness (QED) is 0.175. The van der Waals surface area contributed by atoms with E-state index in [-0.39, 0.29) is 5.41 Å². The Kier molecular flexibility index (Phi) is 7.20. The summed E-state index contributed by atoms with van der Waals surface area (Å²) in [7, 11) is 0. The SMILES string of the molecule is CC1(C)c2ccccc2-c2ccc3c4c5c(ccc4n(-c4cccc(-c6nc(-c7ccccc7)nc(-c7ccc(-c8ccccc8)cc7)n6)c4)c3c21)oc1ccccc15. The molecule has 1 aliphatic carbocycles. The van der Waals surface area contributed by atoms with E-state index < -0.39 is 0 Å². The maximum absolute atomic E-state index is 6.48. The Morgan fingerprint density at radius 1 is 0.441 bits per heavy atom. The molecule has 0 unspecified atom stereocenters. The molecule has 0 fully saturated rings. The first-order valence-electron chi connectivity index (χ1n) is 20.1. The molecule has 1 aliphatic rings. The maximum atomic E-state index is 6.48. The molecule has 0 bridgehead atoms. The second kappa shape index (κ2) is 12.7. The van der Waals surface area contributed by atoms with E-state index in [0.717, 1.165) is 55.4 Å². The molecular formula is C54H36N4O. The van der Waals surface area contributed by atoms with Gasteiger partial charge in [-0.25, -0.2) is 15.0 Å². The van der Waals surface area contributed by atoms with Crippen molar-refractivity contribution in [3.8, 4) is 62.1 Å². The molecule has 0 amide bonds. The zero-order valence-electron chi connectivity index (χ0n) is 32.5. The molecule has 3 aromatic heterocycles. The lowest BCUT2D eigenvalue weighted by atomic mass is 9.81. The van der Waals surface area contributed by atoms with Crippen LogP contribution in [-0.4, -0.2) is 19.5 Å². The van der Waals surface area contributed by atoms with Crippen molar-refractivity contribution in [1.29, 1.82) is 0 Å². The number of aromatic nitrogens is 4. The van der Waals surface area contributed by atoms with Crippen molar-refractivity contribution in [2.45, 2.75) is 19.3 Å². The molecule has 0 radical (unpaired) electrons. The summed E-state index contributed by atoms with van der Waals surface area (Å²) in [5.74, 6) is 1.87. The molecule has 59 heavy (non-hydrogen) atoms. The van der Waals surface area contributed by atoms with E-state index >= 15 is 0 Å². The zero-order chi connectivity index (χ0) is 39.2. The lowest BCUT2D eigenvalue weighted by Crippen LogP contribution is -2.16. The average molecular weight is 757 g/mol. The van der Waals surface area contributed by atoms with Gasteiger partial charge < -0.3 is 8.98 Å². The van der Waals surface area contributed by atoms with Crippen LogP contribution in [0.2, 0.25) is 0 Å². The van der Waals surface area contributed by atoms with Crippen molar-refractivity contribution in [2.75, 3.05) is 0 Å². The van der Waals surface area contributed by atoms with Gasteiger partial charge in [-0.2, -0.15) is 0 Å². The van der Waals surface area contributed by atoms with Gasteiger partial charge >= 0.3 is 0 Å². The summed E-state index contributed by atoms with van der Waals surface area (Å²) >= 11 is 0. The molecule has 278 valence electrons. The van der Waals surface area contributed by atoms with Gasteiger partial charge in [-0.3, -0.25) is 0 Å². The van der Waals surface area contributed by atoms with Gasteiger partial charge in [0.1, 0.15) is 11.2 Å². The highest BCUT2D eigenvalue weighted by Crippen LogP contribution is 2.54. The van der Waals surface area contributed by atoms with E-state index in [0.29, 0.717) is 17.5 Å². The Balaban J connectivity index is 1.10. The molecule has 0 aliphatic heterocycles. The predicted molar refractivity (Wildman–Crippen MR) is 241 cm³/mol. The van der Waals surface area contributed by atoms with E-state index in [1.807, 2.05) is 30.3 Å². The van der Waals surface area contributed by atoms with Gasteiger partial charge in [-0.1, -0.05) is 166 Å². The number of furan rings is 1. The van der Waals surface area contributed by atoms with Crippen molar-refractivity contribution < 1.29 is 4.42 Å². The average Bonchev–Trinajstić information content (AvgIpc) is 3.92. The van der Waals surface area contributed by atoms with Crippen LogP contribution in [-0.2, 0) is 5.41 Å². The number of hydrogen-bond acceptors (Lipinski definition) is 4. The molecule has 0 saturated heterocycles. The van der Waals surface area contributed by atoms with Gasteiger partial charge in [0.2, 0.25) is 0 Å². The minimum atomic E-state index is -0.240. The topological polar surface area (TPSA) is 56.7 Å². The van der Waals surface area contributed by atoms with Crippen LogP contribution in [0.5, 0.6) is 0 Å². The Morgan fingerprint density at radius 2 is 1.05 bits per heavy atom. The minimum absolute atomic E-state index is 0.240. The van der Waals surface area contributed by atoms with E-state index in [2.05, 4.69) is 170 Å². The maximum Gasteiger partial charge on any atom is 0.164 e. The van der Waals surface area contributed by atoms with Gasteiger partial charge in [0.25, 0.3) is 0 Å². The van der Waals surface area contributed by atoms with Crippen molar-refractivity contribution in [1.82, 2.24) is 19.5 Å². The van der Waals surface area contributed by atoms with Gasteiger partial charge in [0, 0.05) is 49.3 Å². The van der Waals surface area contributed by atoms with Crippen molar-refractivity contribution in [3.63, 3.8) is 0 Å². The molecular weight excluding hydrogens is 721 g/mol. The molecule has 0 saturated carbocycles. The first kappa shape index (κ1) is 33.5. The van der Waals surface area contributed by atoms with Crippen LogP contribution < -0.4 is 0 Å². The number of hydrogen-bond donors (Lipinski definition) is 0. The summed E-state index contributed by atoms with van der Waals surface area (Å²) in [6, 6.07) is 64.0. The van der Waals surface area contributed by atoms with Crippen LogP contribution in [0.4, 0.5) is 0 Å². The fourth-order valence-electron chi connectivity index (χ4n) is 9.51. The zero-order valence-corrected chi connectivity index (χ0v) is 32.5. The first-order chi connectivity index (χ1) is 29.0. The monoisotopic (exact) mass is 756 g/mol. The molecule has 11 aromatic rings. The van der Waals surface area contributed by atoms with Crippen LogP contribution in [0.3, 0.4) is 0 Å². The van der Waals surface area contributed by atoms with Crippen molar-refractivity contribution in [3.05, 3.63) is 193 Å². The molecule has 8 aromatic carbocycles. The van der Waals surface area contributed by atoms with Crippen molar-refractivity contribution >= 4 is 43.7 Å². The number of rotatable bonds is 5. The first-order valence-corrected chi connectivity index (χ1v) is 20.1. The molecule has 3 heterocycles. The molecule has 5 heteroatoms. The third-order valence-electron chi connectivity index (χ3n) is 12.2. The third kappa shape index (κ3) is 5.08. The van der Waals surface area contributed by atoms with Crippen LogP contribution in [0.15, 0.2) is 186 Å². The fourth-order valence-corrected chi connectivity index (χ4v) is 9.51. The molecule has 0 spiro atoms. The molecule has 5 nitrogen and oxygen atoms in total. The molecule has 12 rings (SSSR count). The Hall–Kier alpha value is -7.63. The second-order valence-corrected chi connectivity index (χ2v) is 16.0. The van der Waals surface area contributed by atoms with E-state index in [9.17, 15) is 0 Å².